The van der Waals surface area contributed by atoms with Crippen molar-refractivity contribution in [1.29, 1.82) is 0 Å². The van der Waals surface area contributed by atoms with Gasteiger partial charge in [0.25, 0.3) is 11.8 Å². The Hall–Kier alpha value is -4.22. The zero-order valence-electron chi connectivity index (χ0n) is 20.7. The molecule has 11 heteroatoms. The first-order valence-electron chi connectivity index (χ1n) is 12.1. The van der Waals surface area contributed by atoms with Crippen LogP contribution in [0.2, 0.25) is 0 Å². The van der Waals surface area contributed by atoms with E-state index in [4.69, 9.17) is 14.2 Å². The molecule has 0 aliphatic carbocycles. The van der Waals surface area contributed by atoms with E-state index in [0.717, 1.165) is 17.0 Å². The molecule has 0 radical (unpaired) electrons. The van der Waals surface area contributed by atoms with Crippen molar-refractivity contribution in [3.05, 3.63) is 95.1 Å². The van der Waals surface area contributed by atoms with E-state index in [1.807, 2.05) is 0 Å². The summed E-state index contributed by atoms with van der Waals surface area (Å²) >= 11 is 0. The lowest BCUT2D eigenvalue weighted by Crippen LogP contribution is -2.33. The third-order valence-corrected chi connectivity index (χ3v) is 5.79. The molecule has 39 heavy (non-hydrogen) atoms. The van der Waals surface area contributed by atoms with Crippen molar-refractivity contribution in [3.63, 3.8) is 0 Å². The Morgan fingerprint density at radius 2 is 1.38 bits per heavy atom. The lowest BCUT2D eigenvalue weighted by atomic mass is 10.1. The van der Waals surface area contributed by atoms with Gasteiger partial charge in [0, 0.05) is 5.69 Å². The maximum absolute atomic E-state index is 13.0. The molecule has 0 saturated heterocycles. The van der Waals surface area contributed by atoms with Gasteiger partial charge in [-0.05, 0) is 42.5 Å². The molecule has 4 rings (SSSR count). The number of alkyl halides is 3. The Morgan fingerprint density at radius 1 is 0.769 bits per heavy atom. The summed E-state index contributed by atoms with van der Waals surface area (Å²) in [6, 6.07) is 17.6. The van der Waals surface area contributed by atoms with Crippen LogP contribution in [0.4, 0.5) is 24.5 Å². The van der Waals surface area contributed by atoms with E-state index in [1.54, 1.807) is 42.5 Å². The van der Waals surface area contributed by atoms with Crippen molar-refractivity contribution >= 4 is 29.2 Å². The van der Waals surface area contributed by atoms with Crippen molar-refractivity contribution in [2.45, 2.75) is 6.18 Å². The molecule has 1 aliphatic heterocycles. The zero-order chi connectivity index (χ0) is 27.8. The number of hydrogen-bond acceptors (Lipinski definition) is 7. The fourth-order valence-electron chi connectivity index (χ4n) is 3.89. The highest BCUT2D eigenvalue weighted by Crippen LogP contribution is 2.32. The number of benzene rings is 3. The molecule has 0 saturated carbocycles. The molecular weight excluding hydrogens is 517 g/mol. The molecule has 204 valence electrons. The van der Waals surface area contributed by atoms with Crippen LogP contribution in [0.1, 0.15) is 36.6 Å². The van der Waals surface area contributed by atoms with Gasteiger partial charge in [-0.15, -0.1) is 0 Å². The number of imide groups is 1. The number of nitrogens with zero attached hydrogens (tertiary/aromatic N) is 1. The fraction of sp³-hybridized carbons (Fsp3) is 0.250. The predicted molar refractivity (Wildman–Crippen MR) is 135 cm³/mol. The number of hydrogen-bond donors (Lipinski definition) is 1. The molecule has 3 aromatic rings. The van der Waals surface area contributed by atoms with E-state index >= 15 is 0 Å². The van der Waals surface area contributed by atoms with Gasteiger partial charge in [-0.25, -0.2) is 4.79 Å². The Labute approximate surface area is 222 Å². The summed E-state index contributed by atoms with van der Waals surface area (Å²) in [6.07, 6.45) is -4.49. The summed E-state index contributed by atoms with van der Waals surface area (Å²) in [7, 11) is 0. The third-order valence-electron chi connectivity index (χ3n) is 5.79. The minimum absolute atomic E-state index is 0.0498. The number of fused-ring (bicyclic) bond motifs is 1. The van der Waals surface area contributed by atoms with Crippen LogP contribution in [0.15, 0.2) is 72.8 Å². The molecule has 0 spiro atoms. The Morgan fingerprint density at radius 3 is 2.08 bits per heavy atom. The summed E-state index contributed by atoms with van der Waals surface area (Å²) < 4.78 is 55.0. The monoisotopic (exact) mass is 542 g/mol. The first-order chi connectivity index (χ1) is 18.8. The normalized spacial score (nSPS) is 12.9. The molecule has 8 nitrogen and oxygen atoms in total. The Bertz CT molecular complexity index is 1310. The molecule has 2 amide bonds. The van der Waals surface area contributed by atoms with Crippen molar-refractivity contribution in [1.82, 2.24) is 4.90 Å². The molecule has 1 aliphatic rings. The molecule has 0 aromatic heterocycles. The van der Waals surface area contributed by atoms with Crippen molar-refractivity contribution in [2.24, 2.45) is 0 Å². The van der Waals surface area contributed by atoms with Gasteiger partial charge in [0.2, 0.25) is 0 Å². The Balaban J connectivity index is 1.14. The average molecular weight is 543 g/mol. The van der Waals surface area contributed by atoms with Gasteiger partial charge in [-0.3, -0.25) is 14.5 Å². The number of anilines is 2. The summed E-state index contributed by atoms with van der Waals surface area (Å²) in [5.41, 5.74) is 0.596. The smallest absolute Gasteiger partial charge is 0.416 e. The number of ether oxygens (including phenoxy) is 3. The zero-order valence-corrected chi connectivity index (χ0v) is 20.7. The number of amides is 2. The SMILES string of the molecule is O=C(OCCOCCOCCN1C(=O)c2ccccc2C1=O)c1ccccc1Nc1cccc(C(F)(F)F)c1. The maximum atomic E-state index is 13.0. The van der Waals surface area contributed by atoms with Crippen LogP contribution in [-0.4, -0.2) is 62.3 Å². The van der Waals surface area contributed by atoms with E-state index in [1.165, 1.54) is 18.2 Å². The number of nitrogens with one attached hydrogen (secondary N) is 1. The molecular formula is C28H25F3N2O6. The number of carbonyl (C=O) groups is 3. The van der Waals surface area contributed by atoms with E-state index in [2.05, 4.69) is 5.32 Å². The van der Waals surface area contributed by atoms with Crippen molar-refractivity contribution in [3.8, 4) is 0 Å². The molecule has 0 atom stereocenters. The van der Waals surface area contributed by atoms with Gasteiger partial charge in [0.15, 0.2) is 0 Å². The van der Waals surface area contributed by atoms with Gasteiger partial charge < -0.3 is 19.5 Å². The molecule has 1 heterocycles. The second-order valence-electron chi connectivity index (χ2n) is 8.42. The van der Waals surface area contributed by atoms with E-state index in [0.29, 0.717) is 16.8 Å². The average Bonchev–Trinajstić information content (AvgIpc) is 3.17. The summed E-state index contributed by atoms with van der Waals surface area (Å²) in [4.78, 5) is 38.3. The van der Waals surface area contributed by atoms with E-state index < -0.39 is 17.7 Å². The quantitative estimate of drug-likeness (QED) is 0.197. The second-order valence-corrected chi connectivity index (χ2v) is 8.42. The number of halogens is 3. The van der Waals surface area contributed by atoms with E-state index in [9.17, 15) is 27.6 Å². The highest BCUT2D eigenvalue weighted by Gasteiger charge is 2.34. The second kappa shape index (κ2) is 12.5. The summed E-state index contributed by atoms with van der Waals surface area (Å²) in [5.74, 6) is -1.35. The topological polar surface area (TPSA) is 94.2 Å². The molecule has 0 unspecified atom stereocenters. The highest BCUT2D eigenvalue weighted by atomic mass is 19.4. The van der Waals surface area contributed by atoms with Gasteiger partial charge in [0.05, 0.1) is 60.9 Å². The van der Waals surface area contributed by atoms with Crippen LogP contribution >= 0.6 is 0 Å². The molecule has 3 aromatic carbocycles. The van der Waals surface area contributed by atoms with Crippen LogP contribution in [0.25, 0.3) is 0 Å². The van der Waals surface area contributed by atoms with Crippen LogP contribution < -0.4 is 5.32 Å². The minimum Gasteiger partial charge on any atom is -0.460 e. The fourth-order valence-corrected chi connectivity index (χ4v) is 3.89. The third kappa shape index (κ3) is 7.01. The summed E-state index contributed by atoms with van der Waals surface area (Å²) in [6.45, 7) is 0.730. The minimum atomic E-state index is -4.49. The van der Waals surface area contributed by atoms with Crippen LogP contribution in [-0.2, 0) is 20.4 Å². The first kappa shape index (κ1) is 27.8. The van der Waals surface area contributed by atoms with Crippen LogP contribution in [0, 0.1) is 0 Å². The predicted octanol–water partition coefficient (Wildman–Crippen LogP) is 4.94. The van der Waals surface area contributed by atoms with Gasteiger partial charge in [0.1, 0.15) is 6.61 Å². The Kier molecular flexibility index (Phi) is 8.95. The number of rotatable bonds is 12. The van der Waals surface area contributed by atoms with Crippen molar-refractivity contribution in [2.75, 3.05) is 44.9 Å². The van der Waals surface area contributed by atoms with E-state index in [-0.39, 0.29) is 62.6 Å². The highest BCUT2D eigenvalue weighted by molar-refractivity contribution is 6.21. The first-order valence-corrected chi connectivity index (χ1v) is 12.1. The molecule has 0 fully saturated rings. The molecule has 0 bridgehead atoms. The largest absolute Gasteiger partial charge is 0.460 e. The lowest BCUT2D eigenvalue weighted by Gasteiger charge is -2.14. The van der Waals surface area contributed by atoms with Gasteiger partial charge in [-0.1, -0.05) is 30.3 Å². The van der Waals surface area contributed by atoms with Crippen LogP contribution in [0.5, 0.6) is 0 Å². The maximum Gasteiger partial charge on any atom is 0.416 e. The standard InChI is InChI=1S/C28H25F3N2O6/c29-28(30,31)19-6-5-7-20(18-19)32-24-11-4-3-10-23(24)27(36)39-17-16-38-15-14-37-13-12-33-25(34)21-8-1-2-9-22(21)26(33)35/h1-11,18,32H,12-17H2. The number of carbonyl (C=O) groups excluding carboxylic acids is 3. The van der Waals surface area contributed by atoms with Gasteiger partial charge in [-0.2, -0.15) is 13.2 Å². The number of esters is 1. The molecule has 1 N–H and O–H groups in total. The summed E-state index contributed by atoms with van der Waals surface area (Å²) in [5, 5.41) is 2.83. The van der Waals surface area contributed by atoms with Gasteiger partial charge >= 0.3 is 12.1 Å². The van der Waals surface area contributed by atoms with Crippen LogP contribution in [0.3, 0.4) is 0 Å². The number of para-hydroxylation sites is 1. The van der Waals surface area contributed by atoms with Crippen molar-refractivity contribution < 1.29 is 41.8 Å². The lowest BCUT2D eigenvalue weighted by molar-refractivity contribution is -0.137.